The molecule has 3 atom stereocenters. The fourth-order valence-electron chi connectivity index (χ4n) is 4.96. The van der Waals surface area contributed by atoms with Crippen molar-refractivity contribution in [3.05, 3.63) is 83.9 Å². The zero-order valence-electron chi connectivity index (χ0n) is 23.4. The molecular formula is C31H42FN7. The van der Waals surface area contributed by atoms with Gasteiger partial charge in [0.2, 0.25) is 0 Å². The van der Waals surface area contributed by atoms with Gasteiger partial charge in [-0.3, -0.25) is 9.98 Å². The number of hydrogen-bond donors (Lipinski definition) is 4. The number of piperidine rings is 1. The second-order valence-electron chi connectivity index (χ2n) is 11.4. The van der Waals surface area contributed by atoms with Crippen LogP contribution in [0, 0.1) is 17.3 Å². The lowest BCUT2D eigenvalue weighted by molar-refractivity contribution is 0.222. The average Bonchev–Trinajstić information content (AvgIpc) is 3.73. The first-order valence-corrected chi connectivity index (χ1v) is 13.8. The summed E-state index contributed by atoms with van der Waals surface area (Å²) in [4.78, 5) is 14.3. The van der Waals surface area contributed by atoms with Crippen LogP contribution in [0.25, 0.3) is 0 Å². The van der Waals surface area contributed by atoms with Gasteiger partial charge in [-0.15, -0.1) is 0 Å². The van der Waals surface area contributed by atoms with E-state index in [0.717, 1.165) is 36.5 Å². The summed E-state index contributed by atoms with van der Waals surface area (Å²) in [6, 6.07) is 0.136. The van der Waals surface area contributed by atoms with Gasteiger partial charge in [-0.25, -0.2) is 9.38 Å². The number of nitrogens with one attached hydrogen (secondary N) is 3. The van der Waals surface area contributed by atoms with Crippen LogP contribution in [0.1, 0.15) is 46.5 Å². The lowest BCUT2D eigenvalue weighted by Crippen LogP contribution is -2.47. The summed E-state index contributed by atoms with van der Waals surface area (Å²) in [6.45, 7) is 15.7. The lowest BCUT2D eigenvalue weighted by Gasteiger charge is -2.37. The first-order valence-electron chi connectivity index (χ1n) is 13.8. The molecule has 208 valence electrons. The second-order valence-corrected chi connectivity index (χ2v) is 11.4. The zero-order chi connectivity index (χ0) is 28.0. The van der Waals surface area contributed by atoms with Crippen LogP contribution in [0.5, 0.6) is 0 Å². The molecule has 4 aliphatic rings. The minimum Gasteiger partial charge on any atom is -0.397 e. The predicted molar refractivity (Wildman–Crippen MR) is 161 cm³/mol. The van der Waals surface area contributed by atoms with Crippen LogP contribution in [0.2, 0.25) is 0 Å². The first-order chi connectivity index (χ1) is 18.6. The minimum atomic E-state index is -0.528. The summed E-state index contributed by atoms with van der Waals surface area (Å²) in [5.41, 5.74) is 9.84. The molecule has 3 unspecified atom stereocenters. The first kappa shape index (κ1) is 28.5. The number of rotatable bonds is 9. The van der Waals surface area contributed by atoms with E-state index in [2.05, 4.69) is 65.9 Å². The fraction of sp³-hybridized carbons (Fsp3) is 0.452. The van der Waals surface area contributed by atoms with Crippen LogP contribution in [0.15, 0.2) is 98.9 Å². The minimum absolute atomic E-state index is 0.0213. The van der Waals surface area contributed by atoms with Crippen molar-refractivity contribution in [2.24, 2.45) is 38.0 Å². The van der Waals surface area contributed by atoms with Gasteiger partial charge in [0.05, 0.1) is 17.9 Å². The van der Waals surface area contributed by atoms with Gasteiger partial charge in [0.15, 0.2) is 0 Å². The Labute approximate surface area is 232 Å². The maximum atomic E-state index is 12.9. The third-order valence-electron chi connectivity index (χ3n) is 7.62. The lowest BCUT2D eigenvalue weighted by atomic mass is 9.80. The third-order valence-corrected chi connectivity index (χ3v) is 7.62. The summed E-state index contributed by atoms with van der Waals surface area (Å²) in [5, 5.41) is 10.3. The van der Waals surface area contributed by atoms with Crippen molar-refractivity contribution in [2.75, 3.05) is 13.1 Å². The smallest absolute Gasteiger partial charge is 0.130 e. The van der Waals surface area contributed by atoms with Gasteiger partial charge in [0.25, 0.3) is 0 Å². The van der Waals surface area contributed by atoms with E-state index < -0.39 is 5.83 Å². The molecular weight excluding hydrogens is 489 g/mol. The number of nitrogens with two attached hydrogens (primary N) is 1. The van der Waals surface area contributed by atoms with Crippen molar-refractivity contribution < 1.29 is 4.39 Å². The number of amidine groups is 1. The normalized spacial score (nSPS) is 26.0. The van der Waals surface area contributed by atoms with Crippen molar-refractivity contribution in [2.45, 2.75) is 58.5 Å². The van der Waals surface area contributed by atoms with Crippen molar-refractivity contribution in [1.29, 1.82) is 0 Å². The Balaban J connectivity index is 1.56. The number of hydrogen-bond acceptors (Lipinski definition) is 6. The van der Waals surface area contributed by atoms with E-state index in [1.54, 1.807) is 12.4 Å². The van der Waals surface area contributed by atoms with Crippen molar-refractivity contribution in [1.82, 2.24) is 16.0 Å². The maximum Gasteiger partial charge on any atom is 0.130 e. The Kier molecular flexibility index (Phi) is 9.17. The van der Waals surface area contributed by atoms with Gasteiger partial charge in [0, 0.05) is 42.2 Å². The van der Waals surface area contributed by atoms with E-state index >= 15 is 0 Å². The molecule has 1 aliphatic carbocycles. The molecule has 0 aromatic carbocycles. The standard InChI is InChI=1S/C31H42FN7/c1-20(32)6-7-21(2)37-29-11-10-23(12-15-36-29)22(3)38-30(39-28-13-14-34-19-31(28,4)5)26-16-25(24-8-9-24)17-35-18-27(26)33/h6-7,11-12,15-18,22,24-25,28,34,37H,1-2,8-10,13-14,19,33H2,3-5H3,(H,38,39)/b7-6-. The molecule has 4 rings (SSSR count). The van der Waals surface area contributed by atoms with E-state index in [0.29, 0.717) is 29.6 Å². The molecule has 0 aromatic rings. The van der Waals surface area contributed by atoms with Crippen LogP contribution in [-0.2, 0) is 0 Å². The highest BCUT2D eigenvalue weighted by molar-refractivity contribution is 6.03. The van der Waals surface area contributed by atoms with Crippen LogP contribution in [-0.4, -0.2) is 43.4 Å². The summed E-state index contributed by atoms with van der Waals surface area (Å²) in [7, 11) is 0. The Morgan fingerprint density at radius 2 is 2.08 bits per heavy atom. The average molecular weight is 532 g/mol. The van der Waals surface area contributed by atoms with Crippen LogP contribution < -0.4 is 21.7 Å². The van der Waals surface area contributed by atoms with Gasteiger partial charge >= 0.3 is 0 Å². The largest absolute Gasteiger partial charge is 0.397 e. The summed E-state index contributed by atoms with van der Waals surface area (Å²) < 4.78 is 12.9. The van der Waals surface area contributed by atoms with Crippen molar-refractivity contribution >= 4 is 18.3 Å². The molecule has 0 bridgehead atoms. The molecule has 5 N–H and O–H groups in total. The van der Waals surface area contributed by atoms with Crippen molar-refractivity contribution in [3.8, 4) is 0 Å². The predicted octanol–water partition coefficient (Wildman–Crippen LogP) is 4.97. The van der Waals surface area contributed by atoms with Crippen molar-refractivity contribution in [3.63, 3.8) is 0 Å². The SMILES string of the molecule is C=C(F)/C=C\C(=C)NC1=CCC(C(C)NC(=NC2CCNCC2(C)C)C2=CC(C3CC3)C=NC=C2N)=CC=N1. The molecule has 0 spiro atoms. The molecule has 0 amide bonds. The zero-order valence-corrected chi connectivity index (χ0v) is 23.4. The topological polar surface area (TPSA) is 99.2 Å². The fourth-order valence-corrected chi connectivity index (χ4v) is 4.96. The molecule has 7 nitrogen and oxygen atoms in total. The van der Waals surface area contributed by atoms with Crippen LogP contribution >= 0.6 is 0 Å². The molecule has 8 heteroatoms. The van der Waals surface area contributed by atoms with E-state index in [-0.39, 0.29) is 23.4 Å². The molecule has 1 saturated heterocycles. The number of halogens is 1. The molecule has 3 aliphatic heterocycles. The van der Waals surface area contributed by atoms with E-state index in [9.17, 15) is 4.39 Å². The quantitative estimate of drug-likeness (QED) is 0.192. The molecule has 2 fully saturated rings. The van der Waals surface area contributed by atoms with E-state index in [1.165, 1.54) is 25.0 Å². The third kappa shape index (κ3) is 7.99. The highest BCUT2D eigenvalue weighted by Gasteiger charge is 2.34. The Morgan fingerprint density at radius 1 is 1.28 bits per heavy atom. The van der Waals surface area contributed by atoms with Crippen LogP contribution in [0.3, 0.4) is 0 Å². The van der Waals surface area contributed by atoms with Gasteiger partial charge in [-0.1, -0.05) is 33.1 Å². The number of allylic oxidation sites excluding steroid dienone is 6. The number of nitrogens with zero attached hydrogens (tertiary/aromatic N) is 3. The molecule has 3 heterocycles. The summed E-state index contributed by atoms with van der Waals surface area (Å²) >= 11 is 0. The Bertz CT molecular complexity index is 1210. The molecule has 1 saturated carbocycles. The summed E-state index contributed by atoms with van der Waals surface area (Å²) in [6.07, 6.45) is 18.7. The monoisotopic (exact) mass is 531 g/mol. The Morgan fingerprint density at radius 3 is 2.79 bits per heavy atom. The molecule has 0 radical (unpaired) electrons. The second kappa shape index (κ2) is 12.6. The van der Waals surface area contributed by atoms with E-state index in [1.807, 2.05) is 18.4 Å². The highest BCUT2D eigenvalue weighted by atomic mass is 19.1. The van der Waals surface area contributed by atoms with Gasteiger partial charge in [-0.05, 0) is 80.4 Å². The van der Waals surface area contributed by atoms with Gasteiger partial charge < -0.3 is 21.7 Å². The molecule has 0 aromatic heterocycles. The van der Waals surface area contributed by atoms with Gasteiger partial charge in [0.1, 0.15) is 17.5 Å². The van der Waals surface area contributed by atoms with E-state index in [4.69, 9.17) is 10.7 Å². The Hall–Kier alpha value is -3.52. The van der Waals surface area contributed by atoms with Crippen LogP contribution in [0.4, 0.5) is 4.39 Å². The summed E-state index contributed by atoms with van der Waals surface area (Å²) in [5.74, 6) is 1.84. The maximum absolute atomic E-state index is 12.9. The number of aliphatic imine (C=N–C) groups is 3. The highest BCUT2D eigenvalue weighted by Crippen LogP contribution is 2.38. The molecule has 39 heavy (non-hydrogen) atoms. The van der Waals surface area contributed by atoms with Gasteiger partial charge in [-0.2, -0.15) is 0 Å².